The summed E-state index contributed by atoms with van der Waals surface area (Å²) in [7, 11) is 1.60. The van der Waals surface area contributed by atoms with Crippen molar-refractivity contribution in [3.05, 3.63) is 105 Å². The van der Waals surface area contributed by atoms with Crippen LogP contribution in [0.25, 0.3) is 39.4 Å². The van der Waals surface area contributed by atoms with Crippen LogP contribution in [0.2, 0.25) is 0 Å². The molecule has 0 bridgehead atoms. The van der Waals surface area contributed by atoms with Gasteiger partial charge in [-0.2, -0.15) is 14.6 Å². The van der Waals surface area contributed by atoms with Gasteiger partial charge in [-0.1, -0.05) is 29.5 Å². The molecular weight excluding hydrogens is 517 g/mol. The Kier molecular flexibility index (Phi) is 6.37. The van der Waals surface area contributed by atoms with Gasteiger partial charge in [0.05, 0.1) is 23.9 Å². The molecule has 6 rings (SSSR count). The first-order valence-corrected chi connectivity index (χ1v) is 13.0. The number of hydrogen-bond acceptors (Lipinski definition) is 7. The number of fused-ring (bicyclic) bond motifs is 1. The fourth-order valence-corrected chi connectivity index (χ4v) is 5.09. The van der Waals surface area contributed by atoms with E-state index in [1.54, 1.807) is 36.9 Å². The summed E-state index contributed by atoms with van der Waals surface area (Å²) in [4.78, 5) is 18.3. The van der Waals surface area contributed by atoms with E-state index in [1.807, 2.05) is 60.8 Å². The van der Waals surface area contributed by atoms with E-state index in [0.717, 1.165) is 17.0 Å². The Bertz CT molecular complexity index is 1900. The number of nitrogens with zero attached hydrogens (tertiary/aromatic N) is 5. The molecular formula is C29H22FN5O3S. The predicted octanol–water partition coefficient (Wildman–Crippen LogP) is 4.76. The molecule has 3 heterocycles. The maximum atomic E-state index is 14.7. The molecule has 0 saturated heterocycles. The van der Waals surface area contributed by atoms with Gasteiger partial charge in [-0.05, 0) is 67.6 Å². The van der Waals surface area contributed by atoms with Gasteiger partial charge in [-0.3, -0.25) is 4.79 Å². The van der Waals surface area contributed by atoms with E-state index in [2.05, 4.69) is 10.1 Å². The minimum atomic E-state index is -0.482. The van der Waals surface area contributed by atoms with Crippen LogP contribution in [0.4, 0.5) is 4.39 Å². The molecule has 0 unspecified atom stereocenters. The van der Waals surface area contributed by atoms with Crippen LogP contribution in [-0.4, -0.2) is 38.1 Å². The molecule has 194 valence electrons. The van der Waals surface area contributed by atoms with E-state index in [-0.39, 0.29) is 11.3 Å². The second-order valence-corrected chi connectivity index (χ2v) is 9.57. The topological polar surface area (TPSA) is 83.5 Å². The molecule has 0 atom stereocenters. The Labute approximate surface area is 226 Å². The number of aromatic nitrogens is 5. The highest BCUT2D eigenvalue weighted by Crippen LogP contribution is 2.29. The summed E-state index contributed by atoms with van der Waals surface area (Å²) >= 11 is 1.23. The van der Waals surface area contributed by atoms with Gasteiger partial charge in [0, 0.05) is 22.9 Å². The molecule has 3 aromatic carbocycles. The average molecular weight is 540 g/mol. The summed E-state index contributed by atoms with van der Waals surface area (Å²) in [5.41, 5.74) is 3.06. The van der Waals surface area contributed by atoms with Gasteiger partial charge in [0.1, 0.15) is 11.4 Å². The summed E-state index contributed by atoms with van der Waals surface area (Å²) in [6.07, 6.45) is 3.56. The van der Waals surface area contributed by atoms with Crippen LogP contribution in [0.1, 0.15) is 12.5 Å². The fraction of sp³-hybridized carbons (Fsp3) is 0.103. The second-order valence-electron chi connectivity index (χ2n) is 8.57. The number of para-hydroxylation sites is 1. The van der Waals surface area contributed by atoms with Gasteiger partial charge in [-0.15, -0.1) is 5.10 Å². The van der Waals surface area contributed by atoms with Crippen LogP contribution in [0.5, 0.6) is 11.5 Å². The zero-order valence-corrected chi connectivity index (χ0v) is 21.9. The van der Waals surface area contributed by atoms with Crippen LogP contribution in [0.3, 0.4) is 0 Å². The summed E-state index contributed by atoms with van der Waals surface area (Å²) in [6.45, 7) is 2.16. The summed E-state index contributed by atoms with van der Waals surface area (Å²) < 4.78 is 28.7. The van der Waals surface area contributed by atoms with Crippen molar-refractivity contribution >= 4 is 22.4 Å². The van der Waals surface area contributed by atoms with Crippen molar-refractivity contribution in [1.29, 1.82) is 0 Å². The Hall–Kier alpha value is -4.83. The molecule has 39 heavy (non-hydrogen) atoms. The SMILES string of the molecule is CCOc1ccc(-c2nn(-c3ccccc3)cc2C=c2sc3nc(-c4ccc(OC)cc4)nn3c2=O)cc1F. The van der Waals surface area contributed by atoms with Crippen molar-refractivity contribution in [2.24, 2.45) is 0 Å². The van der Waals surface area contributed by atoms with Gasteiger partial charge in [-0.25, -0.2) is 9.07 Å². The highest BCUT2D eigenvalue weighted by atomic mass is 32.1. The lowest BCUT2D eigenvalue weighted by Crippen LogP contribution is -2.23. The van der Waals surface area contributed by atoms with Crippen molar-refractivity contribution in [1.82, 2.24) is 24.4 Å². The van der Waals surface area contributed by atoms with Crippen LogP contribution in [-0.2, 0) is 0 Å². The van der Waals surface area contributed by atoms with E-state index in [4.69, 9.17) is 14.6 Å². The number of methoxy groups -OCH3 is 1. The first-order chi connectivity index (χ1) is 19.0. The predicted molar refractivity (Wildman–Crippen MR) is 148 cm³/mol. The zero-order chi connectivity index (χ0) is 26.9. The normalized spacial score (nSPS) is 11.8. The van der Waals surface area contributed by atoms with Crippen LogP contribution in [0, 0.1) is 5.82 Å². The highest BCUT2D eigenvalue weighted by molar-refractivity contribution is 7.15. The fourth-order valence-electron chi connectivity index (χ4n) is 4.19. The standard InChI is InChI=1S/C29H22FN5O3S/c1-3-38-24-14-11-19(15-23(24)30)26-20(17-34(32-26)21-7-5-4-6-8-21)16-25-28(36)35-29(39-25)31-27(33-35)18-9-12-22(37-2)13-10-18/h4-17H,3H2,1-2H3. The van der Waals surface area contributed by atoms with Crippen molar-refractivity contribution in [3.63, 3.8) is 0 Å². The highest BCUT2D eigenvalue weighted by Gasteiger charge is 2.16. The summed E-state index contributed by atoms with van der Waals surface area (Å²) in [5.74, 6) is 0.869. The number of halogens is 1. The number of ether oxygens (including phenoxy) is 2. The third-order valence-electron chi connectivity index (χ3n) is 6.09. The number of benzene rings is 3. The molecule has 0 aliphatic heterocycles. The van der Waals surface area contributed by atoms with Crippen molar-refractivity contribution < 1.29 is 13.9 Å². The molecule has 0 amide bonds. The van der Waals surface area contributed by atoms with Crippen molar-refractivity contribution in [3.8, 4) is 39.8 Å². The second kappa shape index (κ2) is 10.1. The van der Waals surface area contributed by atoms with Crippen molar-refractivity contribution in [2.45, 2.75) is 6.92 Å². The summed E-state index contributed by atoms with van der Waals surface area (Å²) in [5, 5.41) is 9.17. The molecule has 0 saturated carbocycles. The lowest BCUT2D eigenvalue weighted by molar-refractivity contribution is 0.321. The molecule has 8 nitrogen and oxygen atoms in total. The molecule has 0 spiro atoms. The van der Waals surface area contributed by atoms with Crippen molar-refractivity contribution in [2.75, 3.05) is 13.7 Å². The van der Waals surface area contributed by atoms with Gasteiger partial charge in [0.25, 0.3) is 5.56 Å². The minimum Gasteiger partial charge on any atom is -0.497 e. The Morgan fingerprint density at radius 1 is 1.00 bits per heavy atom. The third kappa shape index (κ3) is 4.66. The Morgan fingerprint density at radius 2 is 1.77 bits per heavy atom. The van der Waals surface area contributed by atoms with Crippen LogP contribution < -0.4 is 19.6 Å². The Morgan fingerprint density at radius 3 is 2.46 bits per heavy atom. The van der Waals surface area contributed by atoms with Gasteiger partial charge < -0.3 is 9.47 Å². The quantitative estimate of drug-likeness (QED) is 0.291. The third-order valence-corrected chi connectivity index (χ3v) is 7.04. The number of hydrogen-bond donors (Lipinski definition) is 0. The molecule has 0 aliphatic rings. The van der Waals surface area contributed by atoms with E-state index in [0.29, 0.717) is 38.7 Å². The van der Waals surface area contributed by atoms with E-state index < -0.39 is 5.82 Å². The largest absolute Gasteiger partial charge is 0.497 e. The maximum Gasteiger partial charge on any atom is 0.291 e. The van der Waals surface area contributed by atoms with Gasteiger partial charge in [0.2, 0.25) is 4.96 Å². The molecule has 10 heteroatoms. The minimum absolute atomic E-state index is 0.175. The van der Waals surface area contributed by atoms with E-state index in [9.17, 15) is 9.18 Å². The average Bonchev–Trinajstić information content (AvgIpc) is 3.65. The smallest absolute Gasteiger partial charge is 0.291 e. The van der Waals surface area contributed by atoms with E-state index >= 15 is 0 Å². The lowest BCUT2D eigenvalue weighted by atomic mass is 10.1. The van der Waals surface area contributed by atoms with Crippen LogP contribution >= 0.6 is 11.3 Å². The maximum absolute atomic E-state index is 14.7. The first kappa shape index (κ1) is 24.5. The van der Waals surface area contributed by atoms with E-state index in [1.165, 1.54) is 21.9 Å². The lowest BCUT2D eigenvalue weighted by Gasteiger charge is -2.06. The number of thiazole rings is 1. The zero-order valence-electron chi connectivity index (χ0n) is 21.0. The molecule has 3 aromatic heterocycles. The van der Waals surface area contributed by atoms with Gasteiger partial charge >= 0.3 is 0 Å². The first-order valence-electron chi connectivity index (χ1n) is 12.2. The number of rotatable bonds is 7. The van der Waals surface area contributed by atoms with Gasteiger partial charge in [0.15, 0.2) is 17.4 Å². The van der Waals surface area contributed by atoms with Crippen LogP contribution in [0.15, 0.2) is 83.8 Å². The molecule has 0 aliphatic carbocycles. The molecule has 6 aromatic rings. The molecule has 0 fully saturated rings. The Balaban J connectivity index is 1.45. The molecule has 0 radical (unpaired) electrons. The monoisotopic (exact) mass is 539 g/mol. The summed E-state index contributed by atoms with van der Waals surface area (Å²) in [6, 6.07) is 21.6. The molecule has 0 N–H and O–H groups in total.